The molecule has 1 saturated heterocycles. The predicted octanol–water partition coefficient (Wildman–Crippen LogP) is 4.43. The molecule has 1 aliphatic heterocycles. The number of likely N-dealkylation sites (tertiary alicyclic amines) is 1. The maximum atomic E-state index is 14.3. The first-order valence-corrected chi connectivity index (χ1v) is 8.61. The molecule has 0 aliphatic carbocycles. The van der Waals surface area contributed by atoms with Crippen molar-refractivity contribution < 1.29 is 22.3 Å². The van der Waals surface area contributed by atoms with Gasteiger partial charge in [0.15, 0.2) is 1.41 Å². The van der Waals surface area contributed by atoms with E-state index in [-0.39, 0.29) is 25.9 Å². The molecule has 0 bridgehead atoms. The van der Waals surface area contributed by atoms with Gasteiger partial charge >= 0.3 is 0 Å². The van der Waals surface area contributed by atoms with Crippen LogP contribution in [-0.4, -0.2) is 34.0 Å². The van der Waals surface area contributed by atoms with Gasteiger partial charge in [0.05, 0.1) is 27.0 Å². The standard InChI is InChI=1S/C19H17ClFN5S/c20-17-8-16-18(27-17)19(24-11-23-16)25-14-3-5-26(6-4-14)10-12-1-2-15(21)13(7-12)9-22/h1-2,7-8,11,14H,3-6,10H2,(H,23,24,25)/i1D,2D,3D2,4D2,7D,8D,10D2,11D,14D/hD. The molecule has 4 rings (SSSR count). The number of hydrogen-bond acceptors (Lipinski definition) is 6. The van der Waals surface area contributed by atoms with Gasteiger partial charge in [-0.15, -0.1) is 11.3 Å². The number of nitrogens with zero attached hydrogens (tertiary/aromatic N) is 4. The lowest BCUT2D eigenvalue weighted by Gasteiger charge is -2.32. The van der Waals surface area contributed by atoms with Crippen LogP contribution in [0.25, 0.3) is 10.2 Å². The summed E-state index contributed by atoms with van der Waals surface area (Å²) in [6, 6.07) is -5.46. The number of hydrogen-bond donors (Lipinski definition) is 1. The Balaban J connectivity index is 1.85. The largest absolute Gasteiger partial charge is 0.366 e. The molecule has 0 unspecified atom stereocenters. The number of thiophene rings is 1. The monoisotopic (exact) mass is 414 g/mol. The van der Waals surface area contributed by atoms with Crippen LogP contribution in [-0.2, 0) is 6.50 Å². The van der Waals surface area contributed by atoms with Crippen LogP contribution >= 0.6 is 22.9 Å². The third-order valence-electron chi connectivity index (χ3n) is 3.39. The van der Waals surface area contributed by atoms with Gasteiger partial charge < -0.3 is 5.31 Å². The van der Waals surface area contributed by atoms with Crippen molar-refractivity contribution in [3.05, 3.63) is 51.8 Å². The van der Waals surface area contributed by atoms with Crippen molar-refractivity contribution in [3.63, 3.8) is 0 Å². The van der Waals surface area contributed by atoms with Gasteiger partial charge in [-0.05, 0) is 36.4 Å². The lowest BCUT2D eigenvalue weighted by Crippen LogP contribution is -2.38. The van der Waals surface area contributed by atoms with E-state index in [4.69, 9.17) is 29.5 Å². The van der Waals surface area contributed by atoms with Gasteiger partial charge in [-0.3, -0.25) is 4.90 Å². The van der Waals surface area contributed by atoms with Crippen LogP contribution in [0, 0.1) is 17.1 Å². The summed E-state index contributed by atoms with van der Waals surface area (Å²) in [5.74, 6) is -2.08. The zero-order valence-electron chi connectivity index (χ0n) is 26.3. The Morgan fingerprint density at radius 3 is 3.11 bits per heavy atom. The average molecular weight is 415 g/mol. The summed E-state index contributed by atoms with van der Waals surface area (Å²) < 4.78 is 123. The third kappa shape index (κ3) is 4.03. The highest BCUT2D eigenvalue weighted by atomic mass is 35.5. The molecule has 2 aromatic heterocycles. The van der Waals surface area contributed by atoms with E-state index >= 15 is 0 Å². The SMILES string of the molecule is [2H]c1nc(N([2H])C2([2H])C([2H])([2H])CN(C([2H])([2H])c3c([2H])c([2H])c(F)c(C#N)c3[2H])CC2([2H])[2H])c2sc(Cl)c([2H])c2n1. The highest BCUT2D eigenvalue weighted by Gasteiger charge is 2.21. The molecule has 1 N–H and O–H groups in total. The zero-order valence-corrected chi connectivity index (χ0v) is 14.9. The lowest BCUT2D eigenvalue weighted by atomic mass is 10.0. The van der Waals surface area contributed by atoms with Crippen molar-refractivity contribution in [2.75, 3.05) is 18.4 Å². The summed E-state index contributed by atoms with van der Waals surface area (Å²) in [5, 5.41) is 9.33. The van der Waals surface area contributed by atoms with Gasteiger partial charge in [0.2, 0.25) is 0 Å². The number of piperidine rings is 1. The van der Waals surface area contributed by atoms with Crippen LogP contribution in [0.15, 0.2) is 30.5 Å². The minimum absolute atomic E-state index is 0.0759. The van der Waals surface area contributed by atoms with Crippen molar-refractivity contribution in [1.82, 2.24) is 14.9 Å². The second-order valence-corrected chi connectivity index (χ2v) is 6.78. The molecule has 1 aromatic carbocycles. The third-order valence-corrected chi connectivity index (χ3v) is 4.57. The van der Waals surface area contributed by atoms with Crippen LogP contribution in [0.1, 0.15) is 40.3 Å². The smallest absolute Gasteiger partial charge is 0.162 e. The van der Waals surface area contributed by atoms with Crippen LogP contribution in [0.3, 0.4) is 0 Å². The van der Waals surface area contributed by atoms with Crippen molar-refractivity contribution >= 4 is 39.0 Å². The number of nitrogens with one attached hydrogen (secondary N) is 1. The molecule has 8 heteroatoms. The van der Waals surface area contributed by atoms with Gasteiger partial charge in [0.25, 0.3) is 0 Å². The molecule has 1 aliphatic rings. The van der Waals surface area contributed by atoms with Gasteiger partial charge in [0, 0.05) is 33.8 Å². The van der Waals surface area contributed by atoms with E-state index in [1.807, 2.05) is 0 Å². The average Bonchev–Trinajstić information content (AvgIpc) is 3.13. The zero-order chi connectivity index (χ0) is 30.3. The highest BCUT2D eigenvalue weighted by Crippen LogP contribution is 2.33. The first kappa shape index (κ1) is 8.39. The van der Waals surface area contributed by atoms with Gasteiger partial charge in [0.1, 0.15) is 25.4 Å². The summed E-state index contributed by atoms with van der Waals surface area (Å²) in [5.41, 5.74) is -2.14. The van der Waals surface area contributed by atoms with Crippen molar-refractivity contribution in [2.45, 2.75) is 25.3 Å². The van der Waals surface area contributed by atoms with Crippen molar-refractivity contribution in [3.8, 4) is 6.07 Å². The van der Waals surface area contributed by atoms with E-state index in [1.165, 1.54) is 6.07 Å². The number of benzene rings is 1. The molecule has 3 heterocycles. The summed E-state index contributed by atoms with van der Waals surface area (Å²) in [6.07, 6.45) is -6.93. The maximum Gasteiger partial charge on any atom is 0.162 e. The Morgan fingerprint density at radius 1 is 1.52 bits per heavy atom. The highest BCUT2D eigenvalue weighted by molar-refractivity contribution is 7.23. The molecular formula is C19H17ClFN5S. The molecule has 0 radical (unpaired) electrons. The number of anilines is 1. The van der Waals surface area contributed by atoms with Crippen LogP contribution < -0.4 is 5.31 Å². The van der Waals surface area contributed by atoms with E-state index < -0.39 is 85.5 Å². The fraction of sp³-hybridized carbons (Fsp3) is 0.316. The topological polar surface area (TPSA) is 64.8 Å². The molecule has 27 heavy (non-hydrogen) atoms. The fourth-order valence-electron chi connectivity index (χ4n) is 2.20. The summed E-state index contributed by atoms with van der Waals surface area (Å²) in [6.45, 7) is -5.29. The van der Waals surface area contributed by atoms with Crippen molar-refractivity contribution in [2.24, 2.45) is 0 Å². The minimum Gasteiger partial charge on any atom is -0.366 e. The molecule has 3 aromatic rings. The van der Waals surface area contributed by atoms with Gasteiger partial charge in [-0.2, -0.15) is 5.26 Å². The van der Waals surface area contributed by atoms with E-state index in [9.17, 15) is 9.65 Å². The first-order valence-electron chi connectivity index (χ1n) is 13.9. The van der Waals surface area contributed by atoms with Gasteiger partial charge in [-0.25, -0.2) is 14.4 Å². The van der Waals surface area contributed by atoms with Crippen LogP contribution in [0.2, 0.25) is 5.75 Å². The molecule has 1 fully saturated rings. The van der Waals surface area contributed by atoms with Gasteiger partial charge in [-0.1, -0.05) is 17.6 Å². The molecule has 5 nitrogen and oxygen atoms in total. The molecular weight excluding hydrogens is 385 g/mol. The summed E-state index contributed by atoms with van der Waals surface area (Å²) in [4.78, 5) is 8.07. The van der Waals surface area contributed by atoms with E-state index in [2.05, 4.69) is 9.97 Å². The number of fused-ring (bicyclic) bond motifs is 1. The Morgan fingerprint density at radius 2 is 2.33 bits per heavy atom. The minimum atomic E-state index is -3.16. The Labute approximate surface area is 183 Å². The van der Waals surface area contributed by atoms with Crippen LogP contribution in [0.5, 0.6) is 0 Å². The molecule has 138 valence electrons. The number of nitriles is 1. The lowest BCUT2D eigenvalue weighted by molar-refractivity contribution is 0.211. The Kier molecular flexibility index (Phi) is 2.41. The molecule has 0 spiro atoms. The number of aromatic nitrogens is 2. The summed E-state index contributed by atoms with van der Waals surface area (Å²) in [7, 11) is 0. The first-order chi connectivity index (χ1) is 18.2. The second kappa shape index (κ2) is 7.77. The maximum absolute atomic E-state index is 14.3. The van der Waals surface area contributed by atoms with E-state index in [1.54, 1.807) is 0 Å². The molecule has 0 saturated carbocycles. The number of halogens is 2. The van der Waals surface area contributed by atoms with E-state index in [0.29, 0.717) is 16.2 Å². The fourth-order valence-corrected chi connectivity index (χ4v) is 3.22. The summed E-state index contributed by atoms with van der Waals surface area (Å²) >= 11 is 6.71. The Bertz CT molecular complexity index is 1580. The normalized spacial score (nSPS) is 28.1. The number of rotatable bonds is 4. The quantitative estimate of drug-likeness (QED) is 0.684. The second-order valence-electron chi connectivity index (χ2n) is 5.16. The Hall–Kier alpha value is -2.27. The van der Waals surface area contributed by atoms with E-state index in [0.717, 1.165) is 0 Å². The van der Waals surface area contributed by atoms with Crippen LogP contribution in [0.4, 0.5) is 10.2 Å². The molecule has 0 atom stereocenters. The van der Waals surface area contributed by atoms with Crippen molar-refractivity contribution in [1.29, 1.82) is 5.26 Å². The predicted molar refractivity (Wildman–Crippen MR) is 105 cm³/mol. The molecule has 0 amide bonds.